The molecule has 4 rings (SSSR count). The first-order chi connectivity index (χ1) is 20.3. The number of sulfonamides is 2. The molecule has 0 saturated carbocycles. The van der Waals surface area contributed by atoms with Crippen molar-refractivity contribution in [2.24, 2.45) is 0 Å². The maximum absolute atomic E-state index is 12.7. The van der Waals surface area contributed by atoms with Crippen molar-refractivity contribution >= 4 is 87.0 Å². The van der Waals surface area contributed by atoms with Crippen molar-refractivity contribution in [2.45, 2.75) is 19.6 Å². The van der Waals surface area contributed by atoms with Gasteiger partial charge in [-0.1, -0.05) is 59.6 Å². The van der Waals surface area contributed by atoms with Gasteiger partial charge in [0.25, 0.3) is 40.3 Å². The van der Waals surface area contributed by atoms with Crippen LogP contribution in [0.4, 0.5) is 11.4 Å². The molecule has 44 heavy (non-hydrogen) atoms. The van der Waals surface area contributed by atoms with Crippen molar-refractivity contribution in [1.82, 2.24) is 0 Å². The molecule has 0 fully saturated rings. The number of nitrogens with one attached hydrogen (secondary N) is 2. The highest BCUT2D eigenvalue weighted by atomic mass is 35.5. The van der Waals surface area contributed by atoms with Crippen LogP contribution in [0.15, 0.2) is 105 Å². The zero-order valence-corrected chi connectivity index (χ0v) is 26.6. The molecule has 0 amide bonds. The first-order valence-electron chi connectivity index (χ1n) is 11.8. The van der Waals surface area contributed by atoms with Gasteiger partial charge in [-0.05, 0) is 71.8 Å². The van der Waals surface area contributed by atoms with Crippen LogP contribution in [0.25, 0.3) is 12.2 Å². The average molecular weight is 720 g/mol. The van der Waals surface area contributed by atoms with Crippen molar-refractivity contribution in [3.8, 4) is 0 Å². The van der Waals surface area contributed by atoms with E-state index < -0.39 is 50.1 Å². The van der Waals surface area contributed by atoms with Crippen molar-refractivity contribution in [3.63, 3.8) is 0 Å². The van der Waals surface area contributed by atoms with Crippen LogP contribution >= 0.6 is 23.2 Å². The van der Waals surface area contributed by atoms with Gasteiger partial charge in [0.05, 0.1) is 21.2 Å². The second-order valence-electron chi connectivity index (χ2n) is 8.91. The Kier molecular flexibility index (Phi) is 9.48. The molecule has 0 atom stereocenters. The summed E-state index contributed by atoms with van der Waals surface area (Å²) in [6, 6.07) is 16.9. The van der Waals surface area contributed by atoms with Crippen LogP contribution < -0.4 is 9.44 Å². The van der Waals surface area contributed by atoms with E-state index in [0.29, 0.717) is 0 Å². The lowest BCUT2D eigenvalue weighted by Gasteiger charge is -2.12. The molecular formula is C26H20Cl2N2O10S4. The van der Waals surface area contributed by atoms with Crippen LogP contribution in [0.1, 0.15) is 11.1 Å². The summed E-state index contributed by atoms with van der Waals surface area (Å²) in [4.78, 5) is -1.89. The number of hydrogen-bond acceptors (Lipinski definition) is 8. The minimum Gasteiger partial charge on any atom is -0.282 e. The van der Waals surface area contributed by atoms with E-state index in [1.807, 2.05) is 0 Å². The summed E-state index contributed by atoms with van der Waals surface area (Å²) in [5.41, 5.74) is -0.843. The summed E-state index contributed by atoms with van der Waals surface area (Å²) in [7, 11) is -18.3. The molecule has 0 aliphatic rings. The zero-order valence-electron chi connectivity index (χ0n) is 21.8. The first-order valence-corrected chi connectivity index (χ1v) is 18.4. The topological polar surface area (TPSA) is 201 Å². The number of benzene rings is 4. The lowest BCUT2D eigenvalue weighted by atomic mass is 10.1. The molecule has 0 saturated heterocycles. The zero-order chi connectivity index (χ0) is 32.5. The van der Waals surface area contributed by atoms with Crippen LogP contribution in [-0.2, 0) is 40.3 Å². The molecule has 0 aromatic heterocycles. The average Bonchev–Trinajstić information content (AvgIpc) is 2.91. The van der Waals surface area contributed by atoms with Crippen LogP contribution in [0.2, 0.25) is 10.0 Å². The SMILES string of the molecule is O=S(=O)(O)c1cc(NS(=O)(=O)c2cccc(Cl)c2)ccc1/C=C/c1ccc(NS(=O)(=O)c2cccc(Cl)c2)cc1S(=O)(=O)O. The molecule has 0 aliphatic carbocycles. The van der Waals surface area contributed by atoms with Crippen molar-refractivity contribution in [2.75, 3.05) is 9.44 Å². The minimum atomic E-state index is -4.94. The van der Waals surface area contributed by atoms with E-state index in [1.54, 1.807) is 0 Å². The van der Waals surface area contributed by atoms with Gasteiger partial charge in [-0.3, -0.25) is 18.5 Å². The summed E-state index contributed by atoms with van der Waals surface area (Å²) in [6.07, 6.45) is 2.16. The second-order valence-corrected chi connectivity index (χ2v) is 15.9. The van der Waals surface area contributed by atoms with Crippen LogP contribution in [-0.4, -0.2) is 42.8 Å². The van der Waals surface area contributed by atoms with E-state index in [9.17, 15) is 42.8 Å². The van der Waals surface area contributed by atoms with Crippen molar-refractivity contribution in [3.05, 3.63) is 106 Å². The third kappa shape index (κ3) is 8.16. The van der Waals surface area contributed by atoms with E-state index in [-0.39, 0.29) is 42.3 Å². The van der Waals surface area contributed by atoms with Gasteiger partial charge in [0.2, 0.25) is 0 Å². The number of halogens is 2. The van der Waals surface area contributed by atoms with E-state index in [2.05, 4.69) is 9.44 Å². The molecule has 0 bridgehead atoms. The lowest BCUT2D eigenvalue weighted by molar-refractivity contribution is 0.480. The first kappa shape index (κ1) is 33.4. The van der Waals surface area contributed by atoms with E-state index in [4.69, 9.17) is 23.2 Å². The molecule has 0 aliphatic heterocycles. The van der Waals surface area contributed by atoms with Gasteiger partial charge < -0.3 is 0 Å². The molecule has 232 valence electrons. The fourth-order valence-electron chi connectivity index (χ4n) is 3.79. The van der Waals surface area contributed by atoms with Gasteiger partial charge in [-0.15, -0.1) is 0 Å². The van der Waals surface area contributed by atoms with Crippen molar-refractivity contribution in [1.29, 1.82) is 0 Å². The Morgan fingerprint density at radius 3 is 1.20 bits per heavy atom. The largest absolute Gasteiger partial charge is 0.295 e. The summed E-state index contributed by atoms with van der Waals surface area (Å²) in [5, 5.41) is 0.283. The van der Waals surface area contributed by atoms with Gasteiger partial charge in [0, 0.05) is 10.0 Å². The molecule has 12 nitrogen and oxygen atoms in total. The number of rotatable bonds is 10. The normalized spacial score (nSPS) is 12.7. The summed E-state index contributed by atoms with van der Waals surface area (Å²) in [5.74, 6) is 0. The maximum Gasteiger partial charge on any atom is 0.295 e. The van der Waals surface area contributed by atoms with Crippen LogP contribution in [0.5, 0.6) is 0 Å². The third-order valence-electron chi connectivity index (χ3n) is 5.74. The maximum atomic E-state index is 12.7. The van der Waals surface area contributed by atoms with Crippen LogP contribution in [0, 0.1) is 0 Å². The summed E-state index contributed by atoms with van der Waals surface area (Å²) >= 11 is 11.7. The molecule has 4 N–H and O–H groups in total. The van der Waals surface area contributed by atoms with Gasteiger partial charge in [-0.2, -0.15) is 16.8 Å². The predicted octanol–water partition coefficient (Wildman–Crippen LogP) is 5.26. The van der Waals surface area contributed by atoms with Crippen LogP contribution in [0.3, 0.4) is 0 Å². The monoisotopic (exact) mass is 718 g/mol. The molecule has 0 heterocycles. The standard InChI is InChI=1S/C26H20Cl2N2O10S4/c27-19-3-1-5-23(13-19)41(31,32)29-21-11-9-17(25(15-21)43(35,36)37)7-8-18-10-12-22(16-26(18)44(38,39)40)30-42(33,34)24-6-2-4-20(28)14-24/h1-16,29-30H,(H,35,36,37)(H,38,39,40)/b8-7+. The quantitative estimate of drug-likeness (QED) is 0.124. The molecule has 4 aromatic carbocycles. The number of hydrogen-bond donors (Lipinski definition) is 4. The Labute approximate surface area is 263 Å². The molecule has 4 aromatic rings. The Hall–Kier alpha value is -3.48. The summed E-state index contributed by atoms with van der Waals surface area (Å²) in [6.45, 7) is 0. The molecule has 0 unspecified atom stereocenters. The highest BCUT2D eigenvalue weighted by Gasteiger charge is 2.21. The van der Waals surface area contributed by atoms with Gasteiger partial charge in [-0.25, -0.2) is 16.8 Å². The fourth-order valence-corrected chi connectivity index (χ4v) is 7.91. The number of anilines is 2. The van der Waals surface area contributed by atoms with Gasteiger partial charge in [0.15, 0.2) is 0 Å². The predicted molar refractivity (Wildman–Crippen MR) is 166 cm³/mol. The Bertz CT molecular complexity index is 2080. The Morgan fingerprint density at radius 1 is 0.523 bits per heavy atom. The highest BCUT2D eigenvalue weighted by Crippen LogP contribution is 2.28. The third-order valence-corrected chi connectivity index (χ3v) is 10.8. The Morgan fingerprint density at radius 2 is 0.886 bits per heavy atom. The minimum absolute atomic E-state index is 0.141. The molecule has 0 radical (unpaired) electrons. The fraction of sp³-hybridized carbons (Fsp3) is 0. The van der Waals surface area contributed by atoms with Crippen molar-refractivity contribution < 1.29 is 42.8 Å². The van der Waals surface area contributed by atoms with E-state index >= 15 is 0 Å². The lowest BCUT2D eigenvalue weighted by Crippen LogP contribution is -2.14. The van der Waals surface area contributed by atoms with Gasteiger partial charge >= 0.3 is 0 Å². The van der Waals surface area contributed by atoms with E-state index in [1.165, 1.54) is 60.7 Å². The van der Waals surface area contributed by atoms with Gasteiger partial charge in [0.1, 0.15) is 9.79 Å². The summed E-state index contributed by atoms with van der Waals surface area (Å²) < 4.78 is 124. The van der Waals surface area contributed by atoms with E-state index in [0.717, 1.165) is 36.4 Å². The molecule has 0 spiro atoms. The molecular weight excluding hydrogens is 699 g/mol. The smallest absolute Gasteiger partial charge is 0.282 e. The second kappa shape index (κ2) is 12.5. The highest BCUT2D eigenvalue weighted by molar-refractivity contribution is 7.93. The Balaban J connectivity index is 1.69. The molecule has 18 heteroatoms.